The molecule has 0 atom stereocenters. The minimum atomic E-state index is -0.0454. The van der Waals surface area contributed by atoms with Crippen LogP contribution in [0.25, 0.3) is 0 Å². The molecule has 0 unspecified atom stereocenters. The maximum atomic E-state index is 12.5. The van der Waals surface area contributed by atoms with Crippen molar-refractivity contribution in [2.75, 3.05) is 18.4 Å². The number of benzene rings is 1. The van der Waals surface area contributed by atoms with E-state index in [2.05, 4.69) is 21.7 Å². The highest BCUT2D eigenvalue weighted by molar-refractivity contribution is 7.13. The SMILES string of the molecule is O=C(Nc1nc(C[NH+]2CCCCC2)cs1)c1ccc2c(c1)CCC2. The van der Waals surface area contributed by atoms with Crippen molar-refractivity contribution in [2.45, 2.75) is 45.1 Å². The molecule has 0 radical (unpaired) electrons. The molecular formula is C19H24N3OS+. The average molecular weight is 342 g/mol. The van der Waals surface area contributed by atoms with Crippen LogP contribution < -0.4 is 10.2 Å². The van der Waals surface area contributed by atoms with E-state index in [1.54, 1.807) is 4.90 Å². The lowest BCUT2D eigenvalue weighted by molar-refractivity contribution is -0.918. The fourth-order valence-electron chi connectivity index (χ4n) is 3.81. The van der Waals surface area contributed by atoms with E-state index in [0.29, 0.717) is 5.13 Å². The molecule has 4 nitrogen and oxygen atoms in total. The number of fused-ring (bicyclic) bond motifs is 1. The van der Waals surface area contributed by atoms with Crippen molar-refractivity contribution in [3.8, 4) is 0 Å². The predicted octanol–water partition coefficient (Wildman–Crippen LogP) is 2.45. The molecule has 1 aliphatic heterocycles. The van der Waals surface area contributed by atoms with Gasteiger partial charge in [-0.25, -0.2) is 4.98 Å². The second kappa shape index (κ2) is 7.03. The van der Waals surface area contributed by atoms with Crippen LogP contribution in [0.4, 0.5) is 5.13 Å². The first-order valence-electron chi connectivity index (χ1n) is 8.99. The highest BCUT2D eigenvalue weighted by atomic mass is 32.1. The third-order valence-corrected chi connectivity index (χ3v) is 5.93. The molecule has 0 saturated carbocycles. The topological polar surface area (TPSA) is 46.4 Å². The lowest BCUT2D eigenvalue weighted by Gasteiger charge is -2.22. The van der Waals surface area contributed by atoms with Gasteiger partial charge >= 0.3 is 0 Å². The molecule has 4 rings (SSSR count). The standard InChI is InChI=1S/C19H23N3OS/c23-18(16-8-7-14-5-4-6-15(14)11-16)21-19-20-17(13-24-19)12-22-9-2-1-3-10-22/h7-8,11,13H,1-6,9-10,12H2,(H,20,21,23)/p+1. The summed E-state index contributed by atoms with van der Waals surface area (Å²) in [7, 11) is 0. The van der Waals surface area contributed by atoms with Gasteiger partial charge in [-0.15, -0.1) is 11.3 Å². The second-order valence-corrected chi connectivity index (χ2v) is 7.78. The summed E-state index contributed by atoms with van der Waals surface area (Å²) >= 11 is 1.53. The molecule has 24 heavy (non-hydrogen) atoms. The predicted molar refractivity (Wildman–Crippen MR) is 96.8 cm³/mol. The van der Waals surface area contributed by atoms with Crippen molar-refractivity contribution < 1.29 is 9.69 Å². The van der Waals surface area contributed by atoms with Crippen LogP contribution in [0.3, 0.4) is 0 Å². The Bertz CT molecular complexity index is 734. The zero-order valence-electron chi connectivity index (χ0n) is 13.9. The maximum absolute atomic E-state index is 12.5. The van der Waals surface area contributed by atoms with Crippen molar-refractivity contribution in [3.63, 3.8) is 0 Å². The molecule has 2 heterocycles. The highest BCUT2D eigenvalue weighted by Crippen LogP contribution is 2.23. The summed E-state index contributed by atoms with van der Waals surface area (Å²) in [4.78, 5) is 18.7. The molecule has 2 aromatic rings. The minimum Gasteiger partial charge on any atom is -0.330 e. The van der Waals surface area contributed by atoms with Crippen molar-refractivity contribution in [1.82, 2.24) is 4.98 Å². The lowest BCUT2D eigenvalue weighted by Crippen LogP contribution is -3.11. The van der Waals surface area contributed by atoms with Gasteiger partial charge in [0.2, 0.25) is 0 Å². The van der Waals surface area contributed by atoms with Crippen LogP contribution in [0.15, 0.2) is 23.6 Å². The number of rotatable bonds is 4. The fraction of sp³-hybridized carbons (Fsp3) is 0.474. The van der Waals surface area contributed by atoms with E-state index in [4.69, 9.17) is 0 Å². The average Bonchev–Trinajstić information content (AvgIpc) is 3.24. The largest absolute Gasteiger partial charge is 0.330 e. The van der Waals surface area contributed by atoms with Crippen LogP contribution in [0.2, 0.25) is 0 Å². The number of anilines is 1. The number of aromatic nitrogens is 1. The summed E-state index contributed by atoms with van der Waals surface area (Å²) < 4.78 is 0. The Labute approximate surface area is 146 Å². The number of amides is 1. The third-order valence-electron chi connectivity index (χ3n) is 5.12. The fourth-order valence-corrected chi connectivity index (χ4v) is 4.52. The van der Waals surface area contributed by atoms with E-state index in [9.17, 15) is 4.79 Å². The monoisotopic (exact) mass is 342 g/mol. The molecule has 2 N–H and O–H groups in total. The van der Waals surface area contributed by atoms with E-state index in [1.165, 1.54) is 61.2 Å². The number of hydrogen-bond donors (Lipinski definition) is 2. The van der Waals surface area contributed by atoms with Gasteiger partial charge in [-0.2, -0.15) is 0 Å². The maximum Gasteiger partial charge on any atom is 0.257 e. The summed E-state index contributed by atoms with van der Waals surface area (Å²) in [6.45, 7) is 3.47. The van der Waals surface area contributed by atoms with Crippen LogP contribution in [0.1, 0.15) is 52.9 Å². The Balaban J connectivity index is 1.39. The zero-order chi connectivity index (χ0) is 16.4. The Morgan fingerprint density at radius 2 is 1.96 bits per heavy atom. The number of piperidine rings is 1. The van der Waals surface area contributed by atoms with Crippen LogP contribution in [-0.2, 0) is 19.4 Å². The Hall–Kier alpha value is -1.72. The normalized spacial score (nSPS) is 17.7. The van der Waals surface area contributed by atoms with Gasteiger partial charge in [-0.05, 0) is 61.8 Å². The molecule has 1 amide bonds. The molecule has 1 aromatic carbocycles. The van der Waals surface area contributed by atoms with Gasteiger partial charge in [-0.3, -0.25) is 10.1 Å². The van der Waals surface area contributed by atoms with Crippen molar-refractivity contribution in [3.05, 3.63) is 46.0 Å². The zero-order valence-corrected chi connectivity index (χ0v) is 14.8. The van der Waals surface area contributed by atoms with E-state index >= 15 is 0 Å². The molecule has 1 saturated heterocycles. The molecule has 0 spiro atoms. The highest BCUT2D eigenvalue weighted by Gasteiger charge is 2.17. The molecular weight excluding hydrogens is 318 g/mol. The Morgan fingerprint density at radius 1 is 1.12 bits per heavy atom. The molecule has 126 valence electrons. The Morgan fingerprint density at radius 3 is 2.83 bits per heavy atom. The number of carbonyl (C=O) groups excluding carboxylic acids is 1. The summed E-state index contributed by atoms with van der Waals surface area (Å²) in [6.07, 6.45) is 7.45. The van der Waals surface area contributed by atoms with Gasteiger partial charge in [-0.1, -0.05) is 6.07 Å². The van der Waals surface area contributed by atoms with Gasteiger partial charge in [0.1, 0.15) is 12.2 Å². The second-order valence-electron chi connectivity index (χ2n) is 6.92. The summed E-state index contributed by atoms with van der Waals surface area (Å²) in [5.41, 5.74) is 4.57. The van der Waals surface area contributed by atoms with Crippen molar-refractivity contribution >= 4 is 22.4 Å². The molecule has 0 bridgehead atoms. The summed E-state index contributed by atoms with van der Waals surface area (Å²) in [5.74, 6) is -0.0454. The van der Waals surface area contributed by atoms with Gasteiger partial charge in [0, 0.05) is 10.9 Å². The van der Waals surface area contributed by atoms with Crippen LogP contribution in [0.5, 0.6) is 0 Å². The lowest BCUT2D eigenvalue weighted by atomic mass is 10.1. The quantitative estimate of drug-likeness (QED) is 0.897. The number of nitrogens with one attached hydrogen (secondary N) is 2. The van der Waals surface area contributed by atoms with Gasteiger partial charge in [0.15, 0.2) is 5.13 Å². The van der Waals surface area contributed by atoms with E-state index in [1.807, 2.05) is 12.1 Å². The van der Waals surface area contributed by atoms with Gasteiger partial charge in [0.25, 0.3) is 5.91 Å². The molecule has 1 fully saturated rings. The first-order chi connectivity index (χ1) is 11.8. The smallest absolute Gasteiger partial charge is 0.257 e. The van der Waals surface area contributed by atoms with Crippen molar-refractivity contribution in [2.24, 2.45) is 0 Å². The first kappa shape index (κ1) is 15.8. The third kappa shape index (κ3) is 3.52. The number of thiazole rings is 1. The summed E-state index contributed by atoms with van der Waals surface area (Å²) in [5, 5.41) is 5.76. The molecule has 1 aliphatic carbocycles. The number of quaternary nitrogens is 1. The number of carbonyl (C=O) groups is 1. The Kier molecular flexibility index (Phi) is 4.63. The van der Waals surface area contributed by atoms with Crippen LogP contribution in [0, 0.1) is 0 Å². The minimum absolute atomic E-state index is 0.0454. The van der Waals surface area contributed by atoms with Gasteiger partial charge in [0.05, 0.1) is 13.1 Å². The number of nitrogens with zero attached hydrogens (tertiary/aromatic N) is 1. The number of hydrogen-bond acceptors (Lipinski definition) is 3. The van der Waals surface area contributed by atoms with E-state index in [0.717, 1.165) is 30.6 Å². The van der Waals surface area contributed by atoms with E-state index in [-0.39, 0.29) is 5.91 Å². The van der Waals surface area contributed by atoms with E-state index < -0.39 is 0 Å². The van der Waals surface area contributed by atoms with Crippen molar-refractivity contribution in [1.29, 1.82) is 0 Å². The first-order valence-corrected chi connectivity index (χ1v) is 9.87. The molecule has 5 heteroatoms. The van der Waals surface area contributed by atoms with Crippen LogP contribution >= 0.6 is 11.3 Å². The molecule has 1 aromatic heterocycles. The number of aryl methyl sites for hydroxylation is 2. The molecule has 2 aliphatic rings. The number of likely N-dealkylation sites (tertiary alicyclic amines) is 1. The van der Waals surface area contributed by atoms with Gasteiger partial charge < -0.3 is 4.90 Å². The van der Waals surface area contributed by atoms with Crippen LogP contribution in [-0.4, -0.2) is 24.0 Å². The summed E-state index contributed by atoms with van der Waals surface area (Å²) in [6, 6.07) is 6.08.